The molecule has 1 aliphatic rings. The van der Waals surface area contributed by atoms with E-state index in [0.29, 0.717) is 6.79 Å². The van der Waals surface area contributed by atoms with E-state index in [-0.39, 0.29) is 0 Å². The number of rotatable bonds is 0. The van der Waals surface area contributed by atoms with Crippen LogP contribution in [0.25, 0.3) is 0 Å². The Balaban J connectivity index is 2.20. The second-order valence-electron chi connectivity index (χ2n) is 1.35. The maximum atomic E-state index is 4.91. The van der Waals surface area contributed by atoms with E-state index < -0.39 is 0 Å². The molecule has 0 saturated heterocycles. The summed E-state index contributed by atoms with van der Waals surface area (Å²) >= 11 is 0. The quantitative estimate of drug-likeness (QED) is 0.450. The molecule has 1 aliphatic heterocycles. The molecular weight excluding hydrogens is 92.1 g/mol. The van der Waals surface area contributed by atoms with Crippen molar-refractivity contribution in [1.82, 2.24) is 0 Å². The molecule has 0 radical (unpaired) electrons. The van der Waals surface area contributed by atoms with Crippen molar-refractivity contribution in [2.75, 3.05) is 13.4 Å². The second-order valence-corrected chi connectivity index (χ2v) is 1.35. The first kappa shape index (κ1) is 4.65. The molecule has 0 atom stereocenters. The molecule has 0 aromatic carbocycles. The van der Waals surface area contributed by atoms with Gasteiger partial charge in [-0.3, -0.25) is 0 Å². The average molecular weight is 100 g/mol. The molecule has 0 unspecified atom stereocenters. The minimum absolute atomic E-state index is 0.413. The normalized spacial score (nSPS) is 20.6. The van der Waals surface area contributed by atoms with Gasteiger partial charge in [0.05, 0.1) is 12.9 Å². The standard InChI is InChI=1S/C5H8O2/c1-2-4-7-5-6-3-1/h1,3H,2,4-5H2. The van der Waals surface area contributed by atoms with Gasteiger partial charge in [-0.15, -0.1) is 0 Å². The van der Waals surface area contributed by atoms with Crippen molar-refractivity contribution >= 4 is 0 Å². The third-order valence-corrected chi connectivity index (χ3v) is 0.773. The van der Waals surface area contributed by atoms with E-state index in [1.807, 2.05) is 6.08 Å². The third-order valence-electron chi connectivity index (χ3n) is 0.773. The SMILES string of the molecule is C1=COCOCC1. The molecule has 1 rings (SSSR count). The molecule has 0 amide bonds. The average Bonchev–Trinajstić information content (AvgIpc) is 1.90. The number of hydrogen-bond donors (Lipinski definition) is 0. The molecule has 0 aliphatic carbocycles. The molecule has 0 bridgehead atoms. The maximum absolute atomic E-state index is 4.91. The Morgan fingerprint density at radius 3 is 3.43 bits per heavy atom. The van der Waals surface area contributed by atoms with Crippen LogP contribution in [0, 0.1) is 0 Å². The molecule has 0 saturated carbocycles. The van der Waals surface area contributed by atoms with Gasteiger partial charge in [-0.1, -0.05) is 0 Å². The smallest absolute Gasteiger partial charge is 0.188 e. The van der Waals surface area contributed by atoms with E-state index >= 15 is 0 Å². The van der Waals surface area contributed by atoms with Crippen molar-refractivity contribution in [3.05, 3.63) is 12.3 Å². The minimum Gasteiger partial charge on any atom is -0.475 e. The lowest BCUT2D eigenvalue weighted by molar-refractivity contribution is -0.00131. The molecular formula is C5H8O2. The Kier molecular flexibility index (Phi) is 1.75. The third kappa shape index (κ3) is 1.59. The molecule has 2 nitrogen and oxygen atoms in total. The van der Waals surface area contributed by atoms with Crippen molar-refractivity contribution in [2.24, 2.45) is 0 Å². The lowest BCUT2D eigenvalue weighted by Gasteiger charge is -1.94. The zero-order valence-electron chi connectivity index (χ0n) is 4.09. The zero-order chi connectivity index (χ0) is 4.95. The predicted molar refractivity (Wildman–Crippen MR) is 25.7 cm³/mol. The van der Waals surface area contributed by atoms with Gasteiger partial charge < -0.3 is 9.47 Å². The van der Waals surface area contributed by atoms with E-state index in [1.54, 1.807) is 6.26 Å². The molecule has 2 heteroatoms. The second kappa shape index (κ2) is 2.64. The summed E-state index contributed by atoms with van der Waals surface area (Å²) < 4.78 is 9.70. The van der Waals surface area contributed by atoms with E-state index in [4.69, 9.17) is 9.47 Å². The fraction of sp³-hybridized carbons (Fsp3) is 0.600. The van der Waals surface area contributed by atoms with Gasteiger partial charge in [-0.2, -0.15) is 0 Å². The summed E-state index contributed by atoms with van der Waals surface area (Å²) in [5.74, 6) is 0. The Labute approximate surface area is 42.7 Å². The van der Waals surface area contributed by atoms with E-state index in [9.17, 15) is 0 Å². The maximum Gasteiger partial charge on any atom is 0.188 e. The highest BCUT2D eigenvalue weighted by molar-refractivity contribution is 4.73. The largest absolute Gasteiger partial charge is 0.475 e. The highest BCUT2D eigenvalue weighted by Gasteiger charge is 1.87. The van der Waals surface area contributed by atoms with Crippen LogP contribution in [-0.2, 0) is 9.47 Å². The molecule has 0 aromatic rings. The van der Waals surface area contributed by atoms with Crippen LogP contribution in [-0.4, -0.2) is 13.4 Å². The summed E-state index contributed by atoms with van der Waals surface area (Å²) in [6, 6.07) is 0. The summed E-state index contributed by atoms with van der Waals surface area (Å²) in [6.07, 6.45) is 4.60. The van der Waals surface area contributed by atoms with Gasteiger partial charge in [0.2, 0.25) is 0 Å². The first-order valence-corrected chi connectivity index (χ1v) is 2.34. The van der Waals surface area contributed by atoms with Crippen LogP contribution >= 0.6 is 0 Å². The van der Waals surface area contributed by atoms with Gasteiger partial charge in [0.25, 0.3) is 0 Å². The van der Waals surface area contributed by atoms with Gasteiger partial charge >= 0.3 is 0 Å². The van der Waals surface area contributed by atoms with Gasteiger partial charge in [0, 0.05) is 0 Å². The lowest BCUT2D eigenvalue weighted by atomic mass is 10.5. The van der Waals surface area contributed by atoms with Crippen LogP contribution in [0.2, 0.25) is 0 Å². The summed E-state index contributed by atoms with van der Waals surface area (Å²) in [5.41, 5.74) is 0. The summed E-state index contributed by atoms with van der Waals surface area (Å²) in [4.78, 5) is 0. The summed E-state index contributed by atoms with van der Waals surface area (Å²) in [6.45, 7) is 1.20. The van der Waals surface area contributed by atoms with E-state index in [0.717, 1.165) is 13.0 Å². The van der Waals surface area contributed by atoms with Gasteiger partial charge in [0.1, 0.15) is 0 Å². The van der Waals surface area contributed by atoms with Gasteiger partial charge in [0.15, 0.2) is 6.79 Å². The molecule has 0 fully saturated rings. The van der Waals surface area contributed by atoms with Crippen LogP contribution in [0.15, 0.2) is 12.3 Å². The number of ether oxygens (including phenoxy) is 2. The number of hydrogen-bond acceptors (Lipinski definition) is 2. The first-order valence-electron chi connectivity index (χ1n) is 2.34. The van der Waals surface area contributed by atoms with Crippen LogP contribution < -0.4 is 0 Å². The van der Waals surface area contributed by atoms with Crippen molar-refractivity contribution in [3.8, 4) is 0 Å². The Hall–Kier alpha value is -0.500. The Morgan fingerprint density at radius 2 is 2.43 bits per heavy atom. The lowest BCUT2D eigenvalue weighted by Crippen LogP contribution is -1.92. The van der Waals surface area contributed by atoms with Crippen LogP contribution in [0.5, 0.6) is 0 Å². The molecule has 1 heterocycles. The van der Waals surface area contributed by atoms with Crippen molar-refractivity contribution in [3.63, 3.8) is 0 Å². The van der Waals surface area contributed by atoms with Crippen LogP contribution in [0.3, 0.4) is 0 Å². The molecule has 0 aromatic heterocycles. The highest BCUT2D eigenvalue weighted by atomic mass is 16.7. The van der Waals surface area contributed by atoms with E-state index in [1.165, 1.54) is 0 Å². The predicted octanol–water partition coefficient (Wildman–Crippen LogP) is 0.894. The van der Waals surface area contributed by atoms with Crippen molar-refractivity contribution in [2.45, 2.75) is 6.42 Å². The highest BCUT2D eigenvalue weighted by Crippen LogP contribution is 1.91. The fourth-order valence-electron chi connectivity index (χ4n) is 0.434. The zero-order valence-corrected chi connectivity index (χ0v) is 4.09. The summed E-state index contributed by atoms with van der Waals surface area (Å²) in [7, 11) is 0. The molecule has 0 spiro atoms. The van der Waals surface area contributed by atoms with Gasteiger partial charge in [-0.05, 0) is 12.5 Å². The molecule has 0 N–H and O–H groups in total. The Bertz CT molecular complexity index is 60.5. The van der Waals surface area contributed by atoms with Crippen LogP contribution in [0.1, 0.15) is 6.42 Å². The topological polar surface area (TPSA) is 18.5 Å². The fourth-order valence-corrected chi connectivity index (χ4v) is 0.434. The van der Waals surface area contributed by atoms with Crippen LogP contribution in [0.4, 0.5) is 0 Å². The minimum atomic E-state index is 0.413. The van der Waals surface area contributed by atoms with Crippen molar-refractivity contribution in [1.29, 1.82) is 0 Å². The summed E-state index contributed by atoms with van der Waals surface area (Å²) in [5, 5.41) is 0. The van der Waals surface area contributed by atoms with Gasteiger partial charge in [-0.25, -0.2) is 0 Å². The first-order chi connectivity index (χ1) is 3.50. The monoisotopic (exact) mass is 100 g/mol. The molecule has 40 valence electrons. The van der Waals surface area contributed by atoms with Crippen molar-refractivity contribution < 1.29 is 9.47 Å². The molecule has 7 heavy (non-hydrogen) atoms. The van der Waals surface area contributed by atoms with E-state index in [2.05, 4.69) is 0 Å². The Morgan fingerprint density at radius 1 is 1.43 bits per heavy atom.